The van der Waals surface area contributed by atoms with Crippen LogP contribution < -0.4 is 4.74 Å². The third-order valence-electron chi connectivity index (χ3n) is 3.16. The fourth-order valence-corrected chi connectivity index (χ4v) is 3.65. The Morgan fingerprint density at radius 3 is 2.48 bits per heavy atom. The highest BCUT2D eigenvalue weighted by molar-refractivity contribution is 7.89. The van der Waals surface area contributed by atoms with Gasteiger partial charge in [-0.15, -0.1) is 0 Å². The zero-order chi connectivity index (χ0) is 18.7. The van der Waals surface area contributed by atoms with Crippen LogP contribution in [0.5, 0.6) is 5.75 Å². The molecule has 0 aliphatic heterocycles. The van der Waals surface area contributed by atoms with E-state index in [4.69, 9.17) is 4.74 Å². The second kappa shape index (κ2) is 7.36. The zero-order valence-electron chi connectivity index (χ0n) is 13.0. The van der Waals surface area contributed by atoms with Crippen molar-refractivity contribution < 1.29 is 30.7 Å². The topological polar surface area (TPSA) is 59.5 Å². The lowest BCUT2D eigenvalue weighted by Crippen LogP contribution is -2.38. The second-order valence-corrected chi connectivity index (χ2v) is 6.91. The van der Waals surface area contributed by atoms with Crippen LogP contribution in [0.3, 0.4) is 0 Å². The molecule has 136 valence electrons. The standard InChI is InChI=1S/C15H14F4N2O3S/c1-24-13-6-5-11(16)8-14(13)25(22,23)21(10-15(17,18)19)9-12-4-2-3-7-20-12/h2-8H,9-10H2,1H3. The van der Waals surface area contributed by atoms with E-state index in [1.807, 2.05) is 0 Å². The number of rotatable bonds is 6. The van der Waals surface area contributed by atoms with E-state index >= 15 is 0 Å². The Kier molecular flexibility index (Phi) is 5.63. The van der Waals surface area contributed by atoms with Gasteiger partial charge >= 0.3 is 6.18 Å². The fourth-order valence-electron chi connectivity index (χ4n) is 2.09. The number of pyridine rings is 1. The molecule has 0 saturated carbocycles. The Morgan fingerprint density at radius 1 is 1.20 bits per heavy atom. The quantitative estimate of drug-likeness (QED) is 0.725. The molecule has 0 fully saturated rings. The largest absolute Gasteiger partial charge is 0.495 e. The fraction of sp³-hybridized carbons (Fsp3) is 0.267. The smallest absolute Gasteiger partial charge is 0.402 e. The Bertz CT molecular complexity index is 826. The number of benzene rings is 1. The van der Waals surface area contributed by atoms with Gasteiger partial charge in [-0.2, -0.15) is 17.5 Å². The number of sulfonamides is 1. The van der Waals surface area contributed by atoms with Crippen molar-refractivity contribution in [3.63, 3.8) is 0 Å². The highest BCUT2D eigenvalue weighted by atomic mass is 32.2. The van der Waals surface area contributed by atoms with Gasteiger partial charge in [0.15, 0.2) is 0 Å². The van der Waals surface area contributed by atoms with Crippen LogP contribution in [-0.2, 0) is 16.6 Å². The molecule has 2 rings (SSSR count). The van der Waals surface area contributed by atoms with E-state index in [0.29, 0.717) is 6.07 Å². The summed E-state index contributed by atoms with van der Waals surface area (Å²) in [6.07, 6.45) is -3.46. The van der Waals surface area contributed by atoms with Crippen molar-refractivity contribution in [1.82, 2.24) is 9.29 Å². The third-order valence-corrected chi connectivity index (χ3v) is 4.98. The summed E-state index contributed by atoms with van der Waals surface area (Å²) in [4.78, 5) is 3.15. The summed E-state index contributed by atoms with van der Waals surface area (Å²) < 4.78 is 82.6. The van der Waals surface area contributed by atoms with Crippen molar-refractivity contribution in [1.29, 1.82) is 0 Å². The molecule has 25 heavy (non-hydrogen) atoms. The number of methoxy groups -OCH3 is 1. The van der Waals surface area contributed by atoms with Crippen LogP contribution in [0, 0.1) is 5.82 Å². The first kappa shape index (κ1) is 19.1. The Hall–Kier alpha value is -2.20. The van der Waals surface area contributed by atoms with E-state index in [1.165, 1.54) is 18.3 Å². The molecule has 0 unspecified atom stereocenters. The highest BCUT2D eigenvalue weighted by Crippen LogP contribution is 2.30. The van der Waals surface area contributed by atoms with Gasteiger partial charge < -0.3 is 4.74 Å². The number of aromatic nitrogens is 1. The molecule has 5 nitrogen and oxygen atoms in total. The molecule has 0 spiro atoms. The summed E-state index contributed by atoms with van der Waals surface area (Å²) in [5.41, 5.74) is 0.116. The van der Waals surface area contributed by atoms with Crippen LogP contribution in [0.1, 0.15) is 5.69 Å². The summed E-state index contributed by atoms with van der Waals surface area (Å²) in [5.74, 6) is -1.17. The van der Waals surface area contributed by atoms with Crippen molar-refractivity contribution in [2.24, 2.45) is 0 Å². The number of hydrogen-bond acceptors (Lipinski definition) is 4. The molecule has 0 amide bonds. The van der Waals surface area contributed by atoms with E-state index in [2.05, 4.69) is 4.98 Å². The molecule has 0 bridgehead atoms. The number of nitrogens with zero attached hydrogens (tertiary/aromatic N) is 2. The number of hydrogen-bond donors (Lipinski definition) is 0. The van der Waals surface area contributed by atoms with Gasteiger partial charge in [0.05, 0.1) is 19.3 Å². The first-order valence-electron chi connectivity index (χ1n) is 6.94. The summed E-state index contributed by atoms with van der Waals surface area (Å²) in [6, 6.07) is 7.06. The van der Waals surface area contributed by atoms with Gasteiger partial charge in [0, 0.05) is 6.20 Å². The molecule has 0 N–H and O–H groups in total. The Labute approximate surface area is 141 Å². The molecule has 2 aromatic rings. The van der Waals surface area contributed by atoms with E-state index in [1.54, 1.807) is 6.07 Å². The van der Waals surface area contributed by atoms with Gasteiger partial charge in [-0.3, -0.25) is 4.98 Å². The van der Waals surface area contributed by atoms with Gasteiger partial charge in [-0.05, 0) is 30.3 Å². The first-order valence-corrected chi connectivity index (χ1v) is 8.38. The van der Waals surface area contributed by atoms with E-state index in [9.17, 15) is 26.0 Å². The Morgan fingerprint density at radius 2 is 1.92 bits per heavy atom. The van der Waals surface area contributed by atoms with Crippen molar-refractivity contribution >= 4 is 10.0 Å². The lowest BCUT2D eigenvalue weighted by atomic mass is 10.3. The van der Waals surface area contributed by atoms with E-state index < -0.39 is 40.0 Å². The molecule has 1 aromatic heterocycles. The average Bonchev–Trinajstić information content (AvgIpc) is 2.54. The molecule has 0 atom stereocenters. The van der Waals surface area contributed by atoms with Crippen LogP contribution in [-0.4, -0.2) is 37.5 Å². The maximum absolute atomic E-state index is 13.5. The Balaban J connectivity index is 2.49. The minimum absolute atomic E-state index is 0.116. The zero-order valence-corrected chi connectivity index (χ0v) is 13.8. The van der Waals surface area contributed by atoms with Crippen molar-refractivity contribution in [3.05, 3.63) is 54.1 Å². The highest BCUT2D eigenvalue weighted by Gasteiger charge is 2.38. The number of alkyl halides is 3. The molecule has 10 heteroatoms. The maximum atomic E-state index is 13.5. The predicted molar refractivity (Wildman–Crippen MR) is 80.8 cm³/mol. The molecule has 1 heterocycles. The van der Waals surface area contributed by atoms with Gasteiger partial charge in [-0.25, -0.2) is 12.8 Å². The SMILES string of the molecule is COc1ccc(F)cc1S(=O)(=O)N(Cc1ccccn1)CC(F)(F)F. The van der Waals surface area contributed by atoms with Crippen molar-refractivity contribution in [3.8, 4) is 5.75 Å². The number of halogens is 4. The van der Waals surface area contributed by atoms with E-state index in [-0.39, 0.29) is 15.7 Å². The predicted octanol–water partition coefficient (Wildman–Crippen LogP) is 2.98. The number of ether oxygens (including phenoxy) is 1. The monoisotopic (exact) mass is 378 g/mol. The summed E-state index contributed by atoms with van der Waals surface area (Å²) in [5, 5.41) is 0. The van der Waals surface area contributed by atoms with E-state index in [0.717, 1.165) is 19.2 Å². The maximum Gasteiger partial charge on any atom is 0.402 e. The van der Waals surface area contributed by atoms with Gasteiger partial charge in [0.1, 0.15) is 23.0 Å². The van der Waals surface area contributed by atoms with Gasteiger partial charge in [-0.1, -0.05) is 6.07 Å². The lowest BCUT2D eigenvalue weighted by Gasteiger charge is -2.24. The molecule has 0 aliphatic carbocycles. The minimum atomic E-state index is -4.79. The van der Waals surface area contributed by atoms with Gasteiger partial charge in [0.2, 0.25) is 10.0 Å². The molecule has 0 aliphatic rings. The lowest BCUT2D eigenvalue weighted by molar-refractivity contribution is -0.137. The second-order valence-electron chi connectivity index (χ2n) is 5.00. The molecule has 0 saturated heterocycles. The van der Waals surface area contributed by atoms with Crippen LogP contribution in [0.2, 0.25) is 0 Å². The third kappa shape index (κ3) is 4.89. The van der Waals surface area contributed by atoms with Crippen molar-refractivity contribution in [2.75, 3.05) is 13.7 Å². The molecule has 0 radical (unpaired) electrons. The van der Waals surface area contributed by atoms with Crippen molar-refractivity contribution in [2.45, 2.75) is 17.6 Å². The van der Waals surface area contributed by atoms with Crippen LogP contribution in [0.4, 0.5) is 17.6 Å². The summed E-state index contributed by atoms with van der Waals surface area (Å²) in [6.45, 7) is -2.37. The molecular formula is C15H14F4N2O3S. The summed E-state index contributed by atoms with van der Waals surface area (Å²) >= 11 is 0. The first-order chi connectivity index (χ1) is 11.6. The van der Waals surface area contributed by atoms with Crippen LogP contribution in [0.15, 0.2) is 47.5 Å². The van der Waals surface area contributed by atoms with Crippen LogP contribution >= 0.6 is 0 Å². The summed E-state index contributed by atoms with van der Waals surface area (Å²) in [7, 11) is -3.55. The van der Waals surface area contributed by atoms with Gasteiger partial charge in [0.25, 0.3) is 0 Å². The average molecular weight is 378 g/mol. The normalized spacial score (nSPS) is 12.4. The van der Waals surface area contributed by atoms with Crippen LogP contribution in [0.25, 0.3) is 0 Å². The molecular weight excluding hydrogens is 364 g/mol. The minimum Gasteiger partial charge on any atom is -0.495 e. The molecule has 1 aromatic carbocycles.